The van der Waals surface area contributed by atoms with Crippen molar-refractivity contribution < 1.29 is 14.3 Å². The molecule has 0 fully saturated rings. The van der Waals surface area contributed by atoms with Crippen LogP contribution in [0, 0.1) is 0 Å². The molecule has 0 amide bonds. The Balaban J connectivity index is 2.72. The van der Waals surface area contributed by atoms with Gasteiger partial charge in [0.2, 0.25) is 4.84 Å². The number of methoxy groups -OCH3 is 1. The number of hydrogen-bond donors (Lipinski definition) is 0. The zero-order valence-electron chi connectivity index (χ0n) is 7.37. The standard InChI is InChI=1S/C9H8Cl2O3/c1-13-6-3-2-4-7(5-6)14-9(12)8(10)11/h2-5,8H,1H3. The van der Waals surface area contributed by atoms with E-state index in [0.717, 1.165) is 0 Å². The molecule has 5 heteroatoms. The van der Waals surface area contributed by atoms with Gasteiger partial charge in [0.05, 0.1) is 7.11 Å². The van der Waals surface area contributed by atoms with Crippen molar-refractivity contribution in [3.05, 3.63) is 24.3 Å². The second kappa shape index (κ2) is 5.08. The molecule has 14 heavy (non-hydrogen) atoms. The van der Waals surface area contributed by atoms with Gasteiger partial charge in [0, 0.05) is 6.07 Å². The minimum Gasteiger partial charge on any atom is -0.497 e. The summed E-state index contributed by atoms with van der Waals surface area (Å²) in [6.45, 7) is 0. The lowest BCUT2D eigenvalue weighted by Crippen LogP contribution is -2.15. The van der Waals surface area contributed by atoms with Crippen LogP contribution in [-0.2, 0) is 4.79 Å². The van der Waals surface area contributed by atoms with Crippen LogP contribution < -0.4 is 9.47 Å². The van der Waals surface area contributed by atoms with Crippen LogP contribution in [0.15, 0.2) is 24.3 Å². The fraction of sp³-hybridized carbons (Fsp3) is 0.222. The maximum atomic E-state index is 11.0. The summed E-state index contributed by atoms with van der Waals surface area (Å²) < 4.78 is 9.78. The lowest BCUT2D eigenvalue weighted by molar-refractivity contribution is -0.132. The highest BCUT2D eigenvalue weighted by molar-refractivity contribution is 6.53. The number of alkyl halides is 2. The summed E-state index contributed by atoms with van der Waals surface area (Å²) in [5, 5.41) is 0. The topological polar surface area (TPSA) is 35.5 Å². The van der Waals surface area contributed by atoms with Crippen molar-refractivity contribution >= 4 is 29.2 Å². The van der Waals surface area contributed by atoms with Gasteiger partial charge < -0.3 is 9.47 Å². The number of esters is 1. The maximum Gasteiger partial charge on any atom is 0.344 e. The molecule has 0 unspecified atom stereocenters. The van der Waals surface area contributed by atoms with Crippen LogP contribution in [0.3, 0.4) is 0 Å². The Morgan fingerprint density at radius 2 is 2.00 bits per heavy atom. The predicted molar refractivity (Wildman–Crippen MR) is 54.1 cm³/mol. The number of carbonyl (C=O) groups is 1. The van der Waals surface area contributed by atoms with Gasteiger partial charge >= 0.3 is 5.97 Å². The maximum absolute atomic E-state index is 11.0. The fourth-order valence-electron chi connectivity index (χ4n) is 0.825. The van der Waals surface area contributed by atoms with Gasteiger partial charge in [0.1, 0.15) is 11.5 Å². The average Bonchev–Trinajstić information content (AvgIpc) is 2.18. The van der Waals surface area contributed by atoms with E-state index < -0.39 is 10.8 Å². The van der Waals surface area contributed by atoms with Gasteiger partial charge in [-0.2, -0.15) is 0 Å². The van der Waals surface area contributed by atoms with Crippen LogP contribution in [-0.4, -0.2) is 17.9 Å². The molecule has 0 aromatic heterocycles. The third-order valence-electron chi connectivity index (χ3n) is 1.44. The average molecular weight is 235 g/mol. The van der Waals surface area contributed by atoms with E-state index in [1.807, 2.05) is 0 Å². The van der Waals surface area contributed by atoms with E-state index >= 15 is 0 Å². The van der Waals surface area contributed by atoms with E-state index in [2.05, 4.69) is 0 Å². The van der Waals surface area contributed by atoms with Crippen molar-refractivity contribution in [3.8, 4) is 11.5 Å². The van der Waals surface area contributed by atoms with Gasteiger partial charge in [0.15, 0.2) is 0 Å². The molecular formula is C9H8Cl2O3. The highest BCUT2D eigenvalue weighted by Gasteiger charge is 2.13. The van der Waals surface area contributed by atoms with Gasteiger partial charge in [-0.1, -0.05) is 29.3 Å². The van der Waals surface area contributed by atoms with E-state index in [0.29, 0.717) is 11.5 Å². The smallest absolute Gasteiger partial charge is 0.344 e. The number of ether oxygens (including phenoxy) is 2. The quantitative estimate of drug-likeness (QED) is 0.458. The molecule has 0 heterocycles. The summed E-state index contributed by atoms with van der Waals surface area (Å²) in [6, 6.07) is 6.60. The molecule has 0 aliphatic carbocycles. The third kappa shape index (κ3) is 3.09. The van der Waals surface area contributed by atoms with Crippen molar-refractivity contribution in [2.45, 2.75) is 4.84 Å². The molecule has 0 aliphatic rings. The lowest BCUT2D eigenvalue weighted by atomic mass is 10.3. The second-order valence-corrected chi connectivity index (χ2v) is 3.50. The summed E-state index contributed by atoms with van der Waals surface area (Å²) in [6.07, 6.45) is 0. The molecular weight excluding hydrogens is 227 g/mol. The molecule has 3 nitrogen and oxygen atoms in total. The van der Waals surface area contributed by atoms with E-state index in [9.17, 15) is 4.79 Å². The Morgan fingerprint density at radius 3 is 2.57 bits per heavy atom. The molecule has 0 aliphatic heterocycles. The van der Waals surface area contributed by atoms with Crippen molar-refractivity contribution in [1.82, 2.24) is 0 Å². The third-order valence-corrected chi connectivity index (χ3v) is 1.79. The monoisotopic (exact) mass is 234 g/mol. The highest BCUT2D eigenvalue weighted by atomic mass is 35.5. The van der Waals surface area contributed by atoms with Crippen LogP contribution >= 0.6 is 23.2 Å². The summed E-state index contributed by atoms with van der Waals surface area (Å²) in [4.78, 5) is 9.81. The zero-order chi connectivity index (χ0) is 10.6. The van der Waals surface area contributed by atoms with Crippen molar-refractivity contribution in [3.63, 3.8) is 0 Å². The molecule has 0 radical (unpaired) electrons. The summed E-state index contributed by atoms with van der Waals surface area (Å²) in [5.41, 5.74) is 0. The van der Waals surface area contributed by atoms with Crippen LogP contribution in [0.4, 0.5) is 0 Å². The highest BCUT2D eigenvalue weighted by Crippen LogP contribution is 2.20. The van der Waals surface area contributed by atoms with Gasteiger partial charge in [0.25, 0.3) is 0 Å². The number of rotatable bonds is 3. The summed E-state index contributed by atoms with van der Waals surface area (Å²) in [7, 11) is 1.52. The number of carbonyl (C=O) groups excluding carboxylic acids is 1. The van der Waals surface area contributed by atoms with Gasteiger partial charge in [-0.25, -0.2) is 4.79 Å². The molecule has 0 spiro atoms. The summed E-state index contributed by atoms with van der Waals surface area (Å²) in [5.74, 6) is 0.234. The zero-order valence-corrected chi connectivity index (χ0v) is 8.88. The van der Waals surface area contributed by atoms with Crippen LogP contribution in [0.25, 0.3) is 0 Å². The first kappa shape index (κ1) is 11.1. The number of hydrogen-bond acceptors (Lipinski definition) is 3. The number of halogens is 2. The Labute approximate surface area is 91.5 Å². The molecule has 0 N–H and O–H groups in total. The van der Waals surface area contributed by atoms with E-state index in [1.54, 1.807) is 24.3 Å². The fourth-order valence-corrected chi connectivity index (χ4v) is 0.914. The van der Waals surface area contributed by atoms with Gasteiger partial charge in [-0.3, -0.25) is 0 Å². The second-order valence-electron chi connectivity index (χ2n) is 2.40. The van der Waals surface area contributed by atoms with Gasteiger partial charge in [-0.05, 0) is 12.1 Å². The van der Waals surface area contributed by atoms with Crippen LogP contribution in [0.5, 0.6) is 11.5 Å². The van der Waals surface area contributed by atoms with Crippen molar-refractivity contribution in [2.24, 2.45) is 0 Å². The Bertz CT molecular complexity index is 326. The van der Waals surface area contributed by atoms with E-state index in [4.69, 9.17) is 32.7 Å². The first-order valence-corrected chi connectivity index (χ1v) is 4.64. The molecule has 1 aromatic rings. The normalized spacial score (nSPS) is 10.0. The summed E-state index contributed by atoms with van der Waals surface area (Å²) >= 11 is 10.6. The number of benzene rings is 1. The molecule has 1 rings (SSSR count). The molecule has 0 saturated heterocycles. The van der Waals surface area contributed by atoms with Crippen LogP contribution in [0.2, 0.25) is 0 Å². The SMILES string of the molecule is COc1cccc(OC(=O)C(Cl)Cl)c1. The Morgan fingerprint density at radius 1 is 1.36 bits per heavy atom. The lowest BCUT2D eigenvalue weighted by Gasteiger charge is -2.05. The molecule has 1 aromatic carbocycles. The Kier molecular flexibility index (Phi) is 4.04. The first-order chi connectivity index (χ1) is 6.63. The molecule has 0 saturated carbocycles. The predicted octanol–water partition coefficient (Wildman–Crippen LogP) is 2.40. The first-order valence-electron chi connectivity index (χ1n) is 3.77. The van der Waals surface area contributed by atoms with Gasteiger partial charge in [-0.15, -0.1) is 0 Å². The largest absolute Gasteiger partial charge is 0.497 e. The van der Waals surface area contributed by atoms with Crippen LogP contribution in [0.1, 0.15) is 0 Å². The van der Waals surface area contributed by atoms with E-state index in [1.165, 1.54) is 7.11 Å². The molecule has 0 atom stereocenters. The van der Waals surface area contributed by atoms with Crippen molar-refractivity contribution in [1.29, 1.82) is 0 Å². The molecule has 76 valence electrons. The molecule has 0 bridgehead atoms. The van der Waals surface area contributed by atoms with E-state index in [-0.39, 0.29) is 0 Å². The minimum atomic E-state index is -1.18. The van der Waals surface area contributed by atoms with Crippen molar-refractivity contribution in [2.75, 3.05) is 7.11 Å². The Hall–Kier alpha value is -0.930. The minimum absolute atomic E-state index is 0.348.